The summed E-state index contributed by atoms with van der Waals surface area (Å²) in [4.78, 5) is 27.8. The molecule has 0 bridgehead atoms. The van der Waals surface area contributed by atoms with Crippen molar-refractivity contribution in [2.45, 2.75) is 32.7 Å². The molecule has 8 heteroatoms. The van der Waals surface area contributed by atoms with Crippen LogP contribution in [0.4, 0.5) is 0 Å². The fraction of sp³-hybridized carbons (Fsp3) is 0.429. The molecule has 2 aliphatic rings. The molecule has 8 nitrogen and oxygen atoms in total. The number of methoxy groups -OCH3 is 1. The van der Waals surface area contributed by atoms with Gasteiger partial charge in [-0.3, -0.25) is 9.59 Å². The van der Waals surface area contributed by atoms with Gasteiger partial charge in [0.1, 0.15) is 24.7 Å². The first-order valence-corrected chi connectivity index (χ1v) is 12.3. The SMILES string of the molecule is COCCCN1C(=O)C(=O)C(=C(O)c2ccc3c(c2)OCCO3)[C@@H]1c1cccc(OCCC(C)C)c1. The van der Waals surface area contributed by atoms with Crippen LogP contribution in [0, 0.1) is 5.92 Å². The lowest BCUT2D eigenvalue weighted by Gasteiger charge is -2.26. The number of ether oxygens (including phenoxy) is 4. The second kappa shape index (κ2) is 11.5. The van der Waals surface area contributed by atoms with Crippen LogP contribution in [0.5, 0.6) is 17.2 Å². The number of carbonyl (C=O) groups excluding carboxylic acids is 2. The molecule has 36 heavy (non-hydrogen) atoms. The van der Waals surface area contributed by atoms with Gasteiger partial charge in [-0.25, -0.2) is 0 Å². The van der Waals surface area contributed by atoms with E-state index in [-0.39, 0.29) is 11.3 Å². The van der Waals surface area contributed by atoms with Crippen molar-refractivity contribution in [3.05, 3.63) is 59.2 Å². The molecule has 2 heterocycles. The van der Waals surface area contributed by atoms with Crippen LogP contribution in [-0.4, -0.2) is 61.8 Å². The van der Waals surface area contributed by atoms with Gasteiger partial charge in [0.25, 0.3) is 11.7 Å². The molecule has 1 N–H and O–H groups in total. The summed E-state index contributed by atoms with van der Waals surface area (Å²) >= 11 is 0. The van der Waals surface area contributed by atoms with Gasteiger partial charge in [0.2, 0.25) is 0 Å². The summed E-state index contributed by atoms with van der Waals surface area (Å²) in [6, 6.07) is 11.6. The van der Waals surface area contributed by atoms with Gasteiger partial charge in [0.05, 0.1) is 18.2 Å². The van der Waals surface area contributed by atoms with Gasteiger partial charge in [-0.1, -0.05) is 26.0 Å². The summed E-state index contributed by atoms with van der Waals surface area (Å²) in [7, 11) is 1.59. The van der Waals surface area contributed by atoms with Gasteiger partial charge in [0, 0.05) is 25.8 Å². The molecule has 2 aromatic carbocycles. The summed E-state index contributed by atoms with van der Waals surface area (Å²) in [5.74, 6) is 0.576. The van der Waals surface area contributed by atoms with E-state index in [0.717, 1.165) is 6.42 Å². The average Bonchev–Trinajstić information content (AvgIpc) is 3.13. The summed E-state index contributed by atoms with van der Waals surface area (Å²) in [5, 5.41) is 11.3. The molecule has 0 aliphatic carbocycles. The predicted octanol–water partition coefficient (Wildman–Crippen LogP) is 4.34. The topological polar surface area (TPSA) is 94.5 Å². The monoisotopic (exact) mass is 495 g/mol. The number of benzene rings is 2. The maximum atomic E-state index is 13.2. The third-order valence-corrected chi connectivity index (χ3v) is 6.24. The Bertz CT molecular complexity index is 1140. The Labute approximate surface area is 211 Å². The number of nitrogens with zero attached hydrogens (tertiary/aromatic N) is 1. The van der Waals surface area contributed by atoms with Crippen molar-refractivity contribution in [3.63, 3.8) is 0 Å². The van der Waals surface area contributed by atoms with Crippen molar-refractivity contribution in [3.8, 4) is 17.2 Å². The number of amides is 1. The molecule has 4 rings (SSSR count). The Morgan fingerprint density at radius 1 is 1.08 bits per heavy atom. The normalized spacial score (nSPS) is 18.7. The number of carbonyl (C=O) groups is 2. The van der Waals surface area contributed by atoms with Crippen LogP contribution in [-0.2, 0) is 14.3 Å². The van der Waals surface area contributed by atoms with E-state index in [1.54, 1.807) is 25.3 Å². The minimum absolute atomic E-state index is 0.0356. The highest BCUT2D eigenvalue weighted by Gasteiger charge is 2.46. The van der Waals surface area contributed by atoms with E-state index in [9.17, 15) is 14.7 Å². The van der Waals surface area contributed by atoms with E-state index in [1.807, 2.05) is 24.3 Å². The van der Waals surface area contributed by atoms with Crippen molar-refractivity contribution >= 4 is 17.4 Å². The molecule has 1 fully saturated rings. The van der Waals surface area contributed by atoms with E-state index in [4.69, 9.17) is 18.9 Å². The second-order valence-electron chi connectivity index (χ2n) is 9.30. The molecule has 0 radical (unpaired) electrons. The van der Waals surface area contributed by atoms with Crippen LogP contribution in [0.25, 0.3) is 5.76 Å². The zero-order valence-corrected chi connectivity index (χ0v) is 21.0. The number of hydrogen-bond donors (Lipinski definition) is 1. The highest BCUT2D eigenvalue weighted by molar-refractivity contribution is 6.46. The zero-order chi connectivity index (χ0) is 25.7. The summed E-state index contributed by atoms with van der Waals surface area (Å²) in [5.41, 5.74) is 1.10. The van der Waals surface area contributed by atoms with E-state index >= 15 is 0 Å². The van der Waals surface area contributed by atoms with Gasteiger partial charge < -0.3 is 29.0 Å². The van der Waals surface area contributed by atoms with Gasteiger partial charge in [-0.15, -0.1) is 0 Å². The molecular weight excluding hydrogens is 462 g/mol. The zero-order valence-electron chi connectivity index (χ0n) is 21.0. The van der Waals surface area contributed by atoms with Crippen LogP contribution < -0.4 is 14.2 Å². The fourth-order valence-corrected chi connectivity index (χ4v) is 4.37. The van der Waals surface area contributed by atoms with Crippen LogP contribution >= 0.6 is 0 Å². The molecule has 2 aliphatic heterocycles. The molecule has 1 amide bonds. The number of aliphatic hydroxyl groups is 1. The van der Waals surface area contributed by atoms with Crippen molar-refractivity contribution < 1.29 is 33.6 Å². The Morgan fingerprint density at radius 2 is 1.86 bits per heavy atom. The Morgan fingerprint density at radius 3 is 2.61 bits per heavy atom. The Balaban J connectivity index is 1.74. The lowest BCUT2D eigenvalue weighted by Crippen LogP contribution is -2.31. The highest BCUT2D eigenvalue weighted by atomic mass is 16.6. The quantitative estimate of drug-likeness (QED) is 0.227. The number of fused-ring (bicyclic) bond motifs is 1. The molecule has 0 aromatic heterocycles. The molecular formula is C28H33NO7. The number of ketones is 1. The minimum Gasteiger partial charge on any atom is -0.507 e. The predicted molar refractivity (Wildman–Crippen MR) is 134 cm³/mol. The number of likely N-dealkylation sites (tertiary alicyclic amines) is 1. The third-order valence-electron chi connectivity index (χ3n) is 6.24. The lowest BCUT2D eigenvalue weighted by atomic mass is 9.95. The Hall–Kier alpha value is -3.52. The Kier molecular flexibility index (Phi) is 8.15. The number of rotatable bonds is 10. The van der Waals surface area contributed by atoms with Crippen LogP contribution in [0.3, 0.4) is 0 Å². The largest absolute Gasteiger partial charge is 0.507 e. The number of Topliss-reactive ketones (excluding diaryl/α,β-unsaturated/α-hetero) is 1. The first-order valence-electron chi connectivity index (χ1n) is 12.3. The van der Waals surface area contributed by atoms with E-state index < -0.39 is 17.7 Å². The van der Waals surface area contributed by atoms with Gasteiger partial charge in [0.15, 0.2) is 11.5 Å². The second-order valence-corrected chi connectivity index (χ2v) is 9.30. The third kappa shape index (κ3) is 5.49. The molecule has 1 atom stereocenters. The number of hydrogen-bond acceptors (Lipinski definition) is 7. The van der Waals surface area contributed by atoms with Gasteiger partial charge >= 0.3 is 0 Å². The number of aliphatic hydroxyl groups excluding tert-OH is 1. The van der Waals surface area contributed by atoms with Crippen molar-refractivity contribution in [2.75, 3.05) is 40.1 Å². The summed E-state index contributed by atoms with van der Waals surface area (Å²) < 4.78 is 22.3. The molecule has 2 aromatic rings. The molecule has 0 saturated carbocycles. The molecule has 192 valence electrons. The maximum absolute atomic E-state index is 13.2. The van der Waals surface area contributed by atoms with Crippen molar-refractivity contribution in [1.82, 2.24) is 4.90 Å². The van der Waals surface area contributed by atoms with Crippen molar-refractivity contribution in [1.29, 1.82) is 0 Å². The standard InChI is InChI=1S/C28H33NO7/c1-18(2)10-13-34-21-7-4-6-19(16-21)25-24(27(31)28(32)29(25)11-5-12-33-3)26(30)20-8-9-22-23(17-20)36-15-14-35-22/h4,6-9,16-18,25,30H,5,10-15H2,1-3H3/t25-/m0/s1. The smallest absolute Gasteiger partial charge is 0.295 e. The average molecular weight is 496 g/mol. The van der Waals surface area contributed by atoms with E-state index in [2.05, 4.69) is 13.8 Å². The van der Waals surface area contributed by atoms with Crippen LogP contribution in [0.2, 0.25) is 0 Å². The van der Waals surface area contributed by atoms with Crippen LogP contribution in [0.1, 0.15) is 43.9 Å². The first-order chi connectivity index (χ1) is 17.4. The first kappa shape index (κ1) is 25.6. The summed E-state index contributed by atoms with van der Waals surface area (Å²) in [6.45, 7) is 6.41. The summed E-state index contributed by atoms with van der Waals surface area (Å²) in [6.07, 6.45) is 1.46. The van der Waals surface area contributed by atoms with Gasteiger partial charge in [-0.05, 0) is 54.7 Å². The maximum Gasteiger partial charge on any atom is 0.295 e. The fourth-order valence-electron chi connectivity index (χ4n) is 4.37. The van der Waals surface area contributed by atoms with E-state index in [0.29, 0.717) is 73.7 Å². The van der Waals surface area contributed by atoms with Crippen molar-refractivity contribution in [2.24, 2.45) is 5.92 Å². The molecule has 1 saturated heterocycles. The van der Waals surface area contributed by atoms with Gasteiger partial charge in [-0.2, -0.15) is 0 Å². The minimum atomic E-state index is -0.760. The lowest BCUT2D eigenvalue weighted by molar-refractivity contribution is -0.140. The highest BCUT2D eigenvalue weighted by Crippen LogP contribution is 2.41. The molecule has 0 spiro atoms. The molecule has 0 unspecified atom stereocenters. The van der Waals surface area contributed by atoms with E-state index in [1.165, 1.54) is 4.90 Å². The van der Waals surface area contributed by atoms with Crippen LogP contribution in [0.15, 0.2) is 48.0 Å².